The van der Waals surface area contributed by atoms with E-state index in [0.29, 0.717) is 13.0 Å². The summed E-state index contributed by atoms with van der Waals surface area (Å²) in [5.74, 6) is -0.122. The van der Waals surface area contributed by atoms with E-state index in [1.54, 1.807) is 13.8 Å². The van der Waals surface area contributed by atoms with Crippen LogP contribution in [0.15, 0.2) is 0 Å². The van der Waals surface area contributed by atoms with Gasteiger partial charge < -0.3 is 25.6 Å². The maximum absolute atomic E-state index is 12.1. The number of carbonyl (C=O) groups excluding carboxylic acids is 2. The summed E-state index contributed by atoms with van der Waals surface area (Å²) in [5, 5.41) is 26.8. The summed E-state index contributed by atoms with van der Waals surface area (Å²) < 4.78 is 0. The van der Waals surface area contributed by atoms with E-state index in [2.05, 4.69) is 25.6 Å². The molecule has 0 bridgehead atoms. The monoisotopic (exact) mass is 476 g/mol. The molecule has 190 valence electrons. The lowest BCUT2D eigenvalue weighted by Gasteiger charge is -2.34. The molecule has 0 aromatic carbocycles. The number of carbonyl (C=O) groups is 2. The molecule has 2 saturated heterocycles. The minimum atomic E-state index is -0.847. The topological polar surface area (TPSA) is 178 Å². The number of hydrogen-bond acceptors (Lipinski definition) is 10. The summed E-state index contributed by atoms with van der Waals surface area (Å²) in [4.78, 5) is 53.9. The molecule has 2 aliphatic rings. The zero-order chi connectivity index (χ0) is 24.9. The van der Waals surface area contributed by atoms with Gasteiger partial charge in [0.05, 0.1) is 24.2 Å². The number of likely N-dealkylation sites (tertiary alicyclic amines) is 1. The lowest BCUT2D eigenvalue weighted by Crippen LogP contribution is -2.55. The molecule has 2 unspecified atom stereocenters. The maximum Gasteiger partial charge on any atom is 0.294 e. The van der Waals surface area contributed by atoms with Gasteiger partial charge in [0.15, 0.2) is 0 Å². The Hall–Kier alpha value is -2.74. The van der Waals surface area contributed by atoms with Crippen molar-refractivity contribution in [3.63, 3.8) is 0 Å². The maximum atomic E-state index is 12.1. The zero-order valence-corrected chi connectivity index (χ0v) is 19.5. The van der Waals surface area contributed by atoms with Crippen molar-refractivity contribution in [3.05, 3.63) is 20.2 Å². The second kappa shape index (κ2) is 14.4. The molecule has 2 atom stereocenters. The highest BCUT2D eigenvalue weighted by Gasteiger charge is 2.30. The van der Waals surface area contributed by atoms with E-state index in [4.69, 9.17) is 0 Å². The van der Waals surface area contributed by atoms with Crippen LogP contribution in [0.25, 0.3) is 0 Å². The van der Waals surface area contributed by atoms with Gasteiger partial charge in [0.1, 0.15) is 6.61 Å². The van der Waals surface area contributed by atoms with Crippen LogP contribution < -0.4 is 16.0 Å². The van der Waals surface area contributed by atoms with E-state index in [-0.39, 0.29) is 37.1 Å². The number of nitrogens with zero attached hydrogens (tertiary/aromatic N) is 3. The normalized spacial score (nSPS) is 20.7. The highest BCUT2D eigenvalue weighted by molar-refractivity contribution is 5.82. The second-order valence-electron chi connectivity index (χ2n) is 8.71. The number of nitrogens with one attached hydrogen (secondary N) is 3. The van der Waals surface area contributed by atoms with Crippen LogP contribution in [-0.2, 0) is 19.3 Å². The van der Waals surface area contributed by atoms with Crippen LogP contribution >= 0.6 is 0 Å². The van der Waals surface area contributed by atoms with Crippen molar-refractivity contribution in [2.45, 2.75) is 70.0 Å². The van der Waals surface area contributed by atoms with Crippen LogP contribution in [0.5, 0.6) is 0 Å². The van der Waals surface area contributed by atoms with Crippen molar-refractivity contribution in [1.29, 1.82) is 0 Å². The van der Waals surface area contributed by atoms with Crippen LogP contribution in [0.3, 0.4) is 0 Å². The van der Waals surface area contributed by atoms with Crippen molar-refractivity contribution in [3.8, 4) is 0 Å². The molecule has 3 N–H and O–H groups in total. The Morgan fingerprint density at radius 2 is 1.79 bits per heavy atom. The fraction of sp³-hybridized carbons (Fsp3) is 0.895. The Balaban J connectivity index is 0.000000335. The Morgan fingerprint density at radius 1 is 1.09 bits per heavy atom. The number of hydrogen-bond donors (Lipinski definition) is 3. The lowest BCUT2D eigenvalue weighted by molar-refractivity contribution is -0.759. The first-order chi connectivity index (χ1) is 15.5. The Bertz CT molecular complexity index is 656. The first-order valence-electron chi connectivity index (χ1n) is 11.1. The fourth-order valence-corrected chi connectivity index (χ4v) is 3.53. The van der Waals surface area contributed by atoms with Gasteiger partial charge in [-0.05, 0) is 66.1 Å². The largest absolute Gasteiger partial charge is 0.355 e. The quantitative estimate of drug-likeness (QED) is 0.209. The predicted molar refractivity (Wildman–Crippen MR) is 117 cm³/mol. The predicted octanol–water partition coefficient (Wildman–Crippen LogP) is 0.0268. The molecule has 14 heteroatoms. The highest BCUT2D eigenvalue weighted by Crippen LogP contribution is 2.16. The number of rotatable bonds is 11. The van der Waals surface area contributed by atoms with Gasteiger partial charge in [0.2, 0.25) is 11.8 Å². The molecule has 0 radical (unpaired) electrons. The molecule has 2 amide bonds. The molecule has 33 heavy (non-hydrogen) atoms. The summed E-state index contributed by atoms with van der Waals surface area (Å²) in [7, 11) is 1.92. The first-order valence-corrected chi connectivity index (χ1v) is 11.1. The molecular formula is C19H36N6O8. The third kappa shape index (κ3) is 12.2. The molecule has 2 fully saturated rings. The van der Waals surface area contributed by atoms with Gasteiger partial charge in [-0.25, -0.2) is 0 Å². The van der Waals surface area contributed by atoms with Crippen LogP contribution in [0.1, 0.15) is 52.4 Å². The summed E-state index contributed by atoms with van der Waals surface area (Å²) in [6.07, 6.45) is 5.29. The van der Waals surface area contributed by atoms with Crippen molar-refractivity contribution in [1.82, 2.24) is 20.9 Å². The van der Waals surface area contributed by atoms with Gasteiger partial charge in [-0.3, -0.25) is 14.5 Å². The molecule has 14 nitrogen and oxygen atoms in total. The van der Waals surface area contributed by atoms with E-state index in [9.17, 15) is 29.8 Å². The summed E-state index contributed by atoms with van der Waals surface area (Å²) in [5.41, 5.74) is -0.748. The third-order valence-electron chi connectivity index (χ3n) is 5.26. The molecule has 2 heterocycles. The molecule has 0 aliphatic carbocycles. The molecule has 0 aromatic rings. The average molecular weight is 477 g/mol. The molecule has 0 spiro atoms. The standard InChI is InChI=1S/C11H21N3O4.C8H15N3O4/c1-11(2,8-18-14(16)17)12-10(15)9-6-4-5-7-13(9)3;12-8(7-3-1-4-9-7)10-5-2-6-15-11(13)14/h9H,4-8H2,1-3H3,(H,12,15);7,9H,1-6H2,(H,10,12). The number of piperidine rings is 1. The molecule has 0 aromatic heterocycles. The van der Waals surface area contributed by atoms with Crippen LogP contribution in [0.4, 0.5) is 0 Å². The van der Waals surface area contributed by atoms with E-state index < -0.39 is 15.7 Å². The summed E-state index contributed by atoms with van der Waals surface area (Å²) >= 11 is 0. The molecular weight excluding hydrogens is 440 g/mol. The SMILES string of the molecule is CN1CCCCC1C(=O)NC(C)(C)CO[N+](=O)[O-].O=C(NCCCO[N+](=O)[O-])C1CCCN1. The smallest absolute Gasteiger partial charge is 0.294 e. The zero-order valence-electron chi connectivity index (χ0n) is 19.5. The van der Waals surface area contributed by atoms with Gasteiger partial charge in [-0.15, -0.1) is 20.2 Å². The second-order valence-corrected chi connectivity index (χ2v) is 8.71. The number of amides is 2. The van der Waals surface area contributed by atoms with Crippen molar-refractivity contribution < 1.29 is 29.4 Å². The highest BCUT2D eigenvalue weighted by atomic mass is 17.0. The molecule has 2 rings (SSSR count). The van der Waals surface area contributed by atoms with Crippen LogP contribution in [0.2, 0.25) is 0 Å². The van der Waals surface area contributed by atoms with Crippen molar-refractivity contribution in [2.24, 2.45) is 0 Å². The van der Waals surface area contributed by atoms with E-state index >= 15 is 0 Å². The van der Waals surface area contributed by atoms with Crippen molar-refractivity contribution >= 4 is 11.8 Å². The Kier molecular flexibility index (Phi) is 12.4. The van der Waals surface area contributed by atoms with E-state index in [1.807, 2.05) is 11.9 Å². The fourth-order valence-electron chi connectivity index (χ4n) is 3.53. The van der Waals surface area contributed by atoms with Crippen molar-refractivity contribution in [2.75, 3.05) is 39.9 Å². The number of likely N-dealkylation sites (N-methyl/N-ethyl adjacent to an activating group) is 1. The van der Waals surface area contributed by atoms with Gasteiger partial charge >= 0.3 is 0 Å². The Labute approximate surface area is 192 Å². The molecule has 0 saturated carbocycles. The van der Waals surface area contributed by atoms with Gasteiger partial charge in [-0.2, -0.15) is 0 Å². The minimum Gasteiger partial charge on any atom is -0.355 e. The average Bonchev–Trinajstić information content (AvgIpc) is 3.27. The summed E-state index contributed by atoms with van der Waals surface area (Å²) in [6.45, 7) is 5.47. The van der Waals surface area contributed by atoms with Gasteiger partial charge in [0.25, 0.3) is 10.2 Å². The summed E-state index contributed by atoms with van der Waals surface area (Å²) in [6, 6.07) is -0.241. The van der Waals surface area contributed by atoms with E-state index in [0.717, 1.165) is 45.2 Å². The van der Waals surface area contributed by atoms with Crippen LogP contribution in [0, 0.1) is 20.2 Å². The first kappa shape index (κ1) is 28.3. The van der Waals surface area contributed by atoms with Gasteiger partial charge in [0, 0.05) is 6.54 Å². The molecule has 2 aliphatic heterocycles. The Morgan fingerprint density at radius 3 is 2.36 bits per heavy atom. The van der Waals surface area contributed by atoms with Crippen LogP contribution in [-0.4, -0.2) is 84.4 Å². The third-order valence-corrected chi connectivity index (χ3v) is 5.26. The van der Waals surface area contributed by atoms with Gasteiger partial charge in [-0.1, -0.05) is 6.42 Å². The minimum absolute atomic E-state index is 0.0192. The lowest BCUT2D eigenvalue weighted by atomic mass is 10.00. The van der Waals surface area contributed by atoms with E-state index in [1.165, 1.54) is 0 Å².